The van der Waals surface area contributed by atoms with E-state index in [0.717, 1.165) is 11.9 Å². The van der Waals surface area contributed by atoms with Crippen molar-refractivity contribution in [3.05, 3.63) is 71.3 Å². The highest BCUT2D eigenvalue weighted by Gasteiger charge is 2.31. The Kier molecular flexibility index (Phi) is 6.27. The molecule has 0 aliphatic carbocycles. The Bertz CT molecular complexity index is 1110. The van der Waals surface area contributed by atoms with Crippen LogP contribution in [0.5, 0.6) is 0 Å². The summed E-state index contributed by atoms with van der Waals surface area (Å²) in [6, 6.07) is 9.72. The molecule has 1 aliphatic heterocycles. The highest BCUT2D eigenvalue weighted by Crippen LogP contribution is 2.29. The second-order valence-electron chi connectivity index (χ2n) is 8.14. The number of aromatic nitrogens is 3. The van der Waals surface area contributed by atoms with Crippen LogP contribution in [0.4, 0.5) is 13.2 Å². The van der Waals surface area contributed by atoms with Gasteiger partial charge in [0, 0.05) is 43.7 Å². The highest BCUT2D eigenvalue weighted by molar-refractivity contribution is 5.54. The summed E-state index contributed by atoms with van der Waals surface area (Å²) in [4.78, 5) is 8.47. The molecular weight excluding hydrogens is 417 g/mol. The normalized spacial score (nSPS) is 15.8. The van der Waals surface area contributed by atoms with Crippen LogP contribution in [0.1, 0.15) is 24.2 Å². The average molecular weight is 442 g/mol. The molecule has 0 saturated heterocycles. The third-order valence-corrected chi connectivity index (χ3v) is 6.00. The Labute approximate surface area is 184 Å². The zero-order valence-corrected chi connectivity index (χ0v) is 18.0. The third kappa shape index (κ3) is 4.52. The van der Waals surface area contributed by atoms with Gasteiger partial charge < -0.3 is 4.90 Å². The molecule has 0 saturated carbocycles. The smallest absolute Gasteiger partial charge is 0.181 e. The van der Waals surface area contributed by atoms with E-state index in [-0.39, 0.29) is 17.8 Å². The Morgan fingerprint density at radius 1 is 1.12 bits per heavy atom. The van der Waals surface area contributed by atoms with E-state index in [9.17, 15) is 13.2 Å². The summed E-state index contributed by atoms with van der Waals surface area (Å²) < 4.78 is 43.6. The van der Waals surface area contributed by atoms with Gasteiger partial charge in [-0.2, -0.15) is 5.10 Å². The molecule has 1 aliphatic rings. The van der Waals surface area contributed by atoms with Gasteiger partial charge in [0.2, 0.25) is 0 Å². The first-order valence-corrected chi connectivity index (χ1v) is 10.4. The molecule has 2 unspecified atom stereocenters. The molecule has 0 radical (unpaired) electrons. The van der Waals surface area contributed by atoms with E-state index in [4.69, 9.17) is 5.41 Å². The van der Waals surface area contributed by atoms with Gasteiger partial charge in [-0.3, -0.25) is 10.3 Å². The molecule has 1 N–H and O–H groups in total. The van der Waals surface area contributed by atoms with Crippen LogP contribution in [0.15, 0.2) is 42.5 Å². The number of hydrogen-bond acceptors (Lipinski definition) is 4. The van der Waals surface area contributed by atoms with E-state index in [1.165, 1.54) is 30.6 Å². The van der Waals surface area contributed by atoms with Gasteiger partial charge in [-0.15, -0.1) is 0 Å². The minimum absolute atomic E-state index is 0.111. The summed E-state index contributed by atoms with van der Waals surface area (Å²) in [5, 5.41) is 12.0. The van der Waals surface area contributed by atoms with Crippen molar-refractivity contribution in [1.29, 1.82) is 5.41 Å². The van der Waals surface area contributed by atoms with Crippen LogP contribution in [-0.4, -0.2) is 57.1 Å². The third-order valence-electron chi connectivity index (χ3n) is 6.00. The molecule has 2 aromatic carbocycles. The number of hydrogen-bond donors (Lipinski definition) is 1. The topological polar surface area (TPSA) is 61.0 Å². The van der Waals surface area contributed by atoms with Crippen molar-refractivity contribution in [3.8, 4) is 11.4 Å². The van der Waals surface area contributed by atoms with E-state index >= 15 is 0 Å². The van der Waals surface area contributed by atoms with Crippen molar-refractivity contribution >= 4 is 6.34 Å². The summed E-state index contributed by atoms with van der Waals surface area (Å²) in [6.07, 6.45) is 1.19. The quantitative estimate of drug-likeness (QED) is 0.446. The first-order valence-electron chi connectivity index (χ1n) is 10.4. The van der Waals surface area contributed by atoms with Crippen LogP contribution in [0.25, 0.3) is 11.4 Å². The molecule has 2 atom stereocenters. The molecule has 9 heteroatoms. The van der Waals surface area contributed by atoms with Crippen molar-refractivity contribution in [2.24, 2.45) is 0 Å². The Morgan fingerprint density at radius 3 is 2.62 bits per heavy atom. The number of rotatable bonds is 7. The molecule has 4 rings (SSSR count). The molecule has 0 spiro atoms. The van der Waals surface area contributed by atoms with Gasteiger partial charge in [0.25, 0.3) is 0 Å². The van der Waals surface area contributed by atoms with Crippen molar-refractivity contribution < 1.29 is 13.2 Å². The van der Waals surface area contributed by atoms with Crippen LogP contribution >= 0.6 is 0 Å². The van der Waals surface area contributed by atoms with Crippen molar-refractivity contribution in [3.63, 3.8) is 0 Å². The second-order valence-corrected chi connectivity index (χ2v) is 8.14. The molecule has 2 heterocycles. The fraction of sp³-hybridized carbons (Fsp3) is 0.348. The molecular formula is C23H25F3N6. The molecule has 0 amide bonds. The van der Waals surface area contributed by atoms with Gasteiger partial charge in [0.1, 0.15) is 23.3 Å². The zero-order chi connectivity index (χ0) is 22.8. The van der Waals surface area contributed by atoms with Crippen LogP contribution < -0.4 is 0 Å². The lowest BCUT2D eigenvalue weighted by molar-refractivity contribution is 0.130. The van der Waals surface area contributed by atoms with Crippen molar-refractivity contribution in [2.75, 3.05) is 20.1 Å². The summed E-state index contributed by atoms with van der Waals surface area (Å²) in [6.45, 7) is 4.18. The summed E-state index contributed by atoms with van der Waals surface area (Å²) >= 11 is 0. The van der Waals surface area contributed by atoms with Gasteiger partial charge in [-0.1, -0.05) is 18.2 Å². The van der Waals surface area contributed by atoms with Crippen molar-refractivity contribution in [1.82, 2.24) is 24.6 Å². The van der Waals surface area contributed by atoms with E-state index < -0.39 is 11.6 Å². The van der Waals surface area contributed by atoms with E-state index in [1.54, 1.807) is 24.1 Å². The first-order chi connectivity index (χ1) is 15.4. The Hall–Kier alpha value is -3.20. The van der Waals surface area contributed by atoms with E-state index in [0.29, 0.717) is 43.1 Å². The summed E-state index contributed by atoms with van der Waals surface area (Å²) in [7, 11) is 1.76. The minimum atomic E-state index is -0.617. The molecule has 0 fully saturated rings. The SMILES string of the molecule is CC(C(CN(C)C=N)c1ccc(F)cc1F)N1CCn2nc(-c3cccc(F)c3)nc2C1. The molecule has 6 nitrogen and oxygen atoms in total. The summed E-state index contributed by atoms with van der Waals surface area (Å²) in [5.41, 5.74) is 1.03. The van der Waals surface area contributed by atoms with Crippen LogP contribution in [0, 0.1) is 22.9 Å². The zero-order valence-electron chi connectivity index (χ0n) is 18.0. The van der Waals surface area contributed by atoms with Gasteiger partial charge in [0.15, 0.2) is 5.82 Å². The molecule has 168 valence electrons. The van der Waals surface area contributed by atoms with Crippen LogP contribution in [0.3, 0.4) is 0 Å². The molecule has 1 aromatic heterocycles. The molecule has 32 heavy (non-hydrogen) atoms. The van der Waals surface area contributed by atoms with Gasteiger partial charge in [0.05, 0.1) is 19.4 Å². The van der Waals surface area contributed by atoms with Gasteiger partial charge >= 0.3 is 0 Å². The van der Waals surface area contributed by atoms with Crippen LogP contribution in [0.2, 0.25) is 0 Å². The van der Waals surface area contributed by atoms with E-state index in [2.05, 4.69) is 15.0 Å². The van der Waals surface area contributed by atoms with Gasteiger partial charge in [-0.05, 0) is 30.7 Å². The first kappa shape index (κ1) is 22.0. The number of benzene rings is 2. The molecule has 0 bridgehead atoms. The standard InChI is InChI=1S/C23H25F3N6/c1-15(20(12-30(2)14-27)19-7-6-18(25)11-21(19)26)31-8-9-32-22(13-31)28-23(29-32)16-4-3-5-17(24)10-16/h3-7,10-11,14-15,20,27H,8-9,12-13H2,1-2H3. The number of nitrogens with zero attached hydrogens (tertiary/aromatic N) is 5. The lowest BCUT2D eigenvalue weighted by atomic mass is 9.90. The average Bonchev–Trinajstić information content (AvgIpc) is 3.21. The summed E-state index contributed by atoms with van der Waals surface area (Å²) in [5.74, 6) is -0.619. The van der Waals surface area contributed by atoms with E-state index in [1.807, 2.05) is 11.6 Å². The van der Waals surface area contributed by atoms with Crippen molar-refractivity contribution in [2.45, 2.75) is 32.0 Å². The van der Waals surface area contributed by atoms with Gasteiger partial charge in [-0.25, -0.2) is 22.8 Å². The fourth-order valence-corrected chi connectivity index (χ4v) is 4.18. The number of fused-ring (bicyclic) bond motifs is 1. The lowest BCUT2D eigenvalue weighted by Crippen LogP contribution is -2.45. The molecule has 3 aromatic rings. The predicted octanol–water partition coefficient (Wildman–Crippen LogP) is 3.89. The maximum atomic E-state index is 14.7. The largest absolute Gasteiger partial charge is 0.366 e. The monoisotopic (exact) mass is 442 g/mol. The second kappa shape index (κ2) is 9.12. The number of likely N-dealkylation sites (N-methyl/N-ethyl adjacent to an activating group) is 1. The predicted molar refractivity (Wildman–Crippen MR) is 116 cm³/mol. The fourth-order valence-electron chi connectivity index (χ4n) is 4.18. The highest BCUT2D eigenvalue weighted by atomic mass is 19.1. The Morgan fingerprint density at radius 2 is 1.91 bits per heavy atom. The number of halogens is 3. The van der Waals surface area contributed by atoms with Crippen LogP contribution in [-0.2, 0) is 13.1 Å². The maximum Gasteiger partial charge on any atom is 0.181 e. The number of nitrogens with one attached hydrogen (secondary N) is 1. The maximum absolute atomic E-state index is 14.7. The minimum Gasteiger partial charge on any atom is -0.366 e. The Balaban J connectivity index is 1.59. The lowest BCUT2D eigenvalue weighted by Gasteiger charge is -2.38.